The van der Waals surface area contributed by atoms with Gasteiger partial charge in [0.25, 0.3) is 0 Å². The predicted molar refractivity (Wildman–Crippen MR) is 135 cm³/mol. The van der Waals surface area contributed by atoms with Crippen LogP contribution in [-0.2, 0) is 9.59 Å². The van der Waals surface area contributed by atoms with Crippen molar-refractivity contribution in [2.24, 2.45) is 17.6 Å². The van der Waals surface area contributed by atoms with Gasteiger partial charge in [0.15, 0.2) is 5.82 Å². The standard InChI is InChI=1S/C27H30FN5O4/c28-22-14-19(10-11-21(22)24-31-27(36)37-32-24)30-25(34)23-20(17-4-2-1-3-5-17)12-13-33(23)26(35)18-8-6-16(15-29)7-9-18/h1-5,10-11,14,16,18,20,23H,6-9,12-13,15,29H2,(H,30,34)(H,31,32,36)/t16?,18?,20-,23-/m0/s1. The summed E-state index contributed by atoms with van der Waals surface area (Å²) in [6, 6.07) is 13.1. The number of anilines is 1. The number of H-pyrrole nitrogens is 1. The second-order valence-corrected chi connectivity index (χ2v) is 9.86. The molecule has 5 rings (SSSR count). The van der Waals surface area contributed by atoms with E-state index in [1.165, 1.54) is 12.1 Å². The van der Waals surface area contributed by atoms with E-state index in [1.807, 2.05) is 30.3 Å². The molecule has 4 N–H and O–H groups in total. The lowest BCUT2D eigenvalue weighted by Gasteiger charge is -2.33. The van der Waals surface area contributed by atoms with E-state index in [9.17, 15) is 18.8 Å². The van der Waals surface area contributed by atoms with E-state index in [4.69, 9.17) is 5.73 Å². The summed E-state index contributed by atoms with van der Waals surface area (Å²) >= 11 is 0. The van der Waals surface area contributed by atoms with Crippen molar-refractivity contribution >= 4 is 17.5 Å². The largest absolute Gasteiger partial charge is 0.439 e. The monoisotopic (exact) mass is 507 g/mol. The summed E-state index contributed by atoms with van der Waals surface area (Å²) in [5, 5.41) is 6.31. The molecule has 194 valence electrons. The highest BCUT2D eigenvalue weighted by Crippen LogP contribution is 2.38. The zero-order chi connectivity index (χ0) is 25.9. The zero-order valence-electron chi connectivity index (χ0n) is 20.4. The van der Waals surface area contributed by atoms with Gasteiger partial charge in [-0.2, -0.15) is 0 Å². The Morgan fingerprint density at radius 3 is 2.51 bits per heavy atom. The van der Waals surface area contributed by atoms with Crippen LogP contribution in [0.4, 0.5) is 10.1 Å². The van der Waals surface area contributed by atoms with E-state index in [1.54, 1.807) is 4.90 Å². The summed E-state index contributed by atoms with van der Waals surface area (Å²) in [6.45, 7) is 1.12. The van der Waals surface area contributed by atoms with Crippen molar-refractivity contribution in [3.8, 4) is 11.4 Å². The predicted octanol–water partition coefficient (Wildman–Crippen LogP) is 3.26. The van der Waals surface area contributed by atoms with E-state index < -0.39 is 17.6 Å². The molecule has 3 aromatic rings. The van der Waals surface area contributed by atoms with Crippen LogP contribution in [0.15, 0.2) is 57.8 Å². The quantitative estimate of drug-likeness (QED) is 0.469. The lowest BCUT2D eigenvalue weighted by atomic mass is 9.81. The van der Waals surface area contributed by atoms with Gasteiger partial charge in [0.05, 0.1) is 5.56 Å². The zero-order valence-corrected chi connectivity index (χ0v) is 20.4. The molecule has 2 aromatic carbocycles. The minimum atomic E-state index is -0.791. The maximum Gasteiger partial charge on any atom is 0.439 e. The van der Waals surface area contributed by atoms with Gasteiger partial charge in [0.2, 0.25) is 11.8 Å². The van der Waals surface area contributed by atoms with Crippen molar-refractivity contribution in [3.05, 3.63) is 70.5 Å². The molecule has 0 bridgehead atoms. The molecule has 1 saturated heterocycles. The summed E-state index contributed by atoms with van der Waals surface area (Å²) < 4.78 is 19.2. The highest BCUT2D eigenvalue weighted by atomic mass is 19.1. The third kappa shape index (κ3) is 5.20. The van der Waals surface area contributed by atoms with Crippen LogP contribution < -0.4 is 16.8 Å². The Balaban J connectivity index is 1.38. The van der Waals surface area contributed by atoms with Crippen LogP contribution >= 0.6 is 0 Å². The summed E-state index contributed by atoms with van der Waals surface area (Å²) in [5.74, 6) is -1.71. The highest BCUT2D eigenvalue weighted by Gasteiger charge is 2.44. The third-order valence-electron chi connectivity index (χ3n) is 7.64. The number of rotatable bonds is 6. The van der Waals surface area contributed by atoms with E-state index in [2.05, 4.69) is 20.0 Å². The number of halogens is 1. The molecule has 2 fully saturated rings. The first kappa shape index (κ1) is 24.9. The maximum absolute atomic E-state index is 14.8. The molecular formula is C27H30FN5O4. The van der Waals surface area contributed by atoms with Crippen molar-refractivity contribution in [1.29, 1.82) is 0 Å². The highest BCUT2D eigenvalue weighted by molar-refractivity contribution is 5.98. The Bertz CT molecular complexity index is 1320. The molecule has 9 nitrogen and oxygen atoms in total. The molecule has 1 aromatic heterocycles. The van der Waals surface area contributed by atoms with E-state index in [-0.39, 0.29) is 40.7 Å². The van der Waals surface area contributed by atoms with Gasteiger partial charge >= 0.3 is 5.76 Å². The van der Waals surface area contributed by atoms with Crippen LogP contribution in [0.25, 0.3) is 11.4 Å². The SMILES string of the molecule is NCC1CCC(C(=O)N2CC[C@@H](c3ccccc3)[C@H]2C(=O)Nc2ccc(-c3noc(=O)[nH]3)c(F)c2)CC1. The number of nitrogens with one attached hydrogen (secondary N) is 2. The lowest BCUT2D eigenvalue weighted by Crippen LogP contribution is -2.48. The minimum absolute atomic E-state index is 0.00516. The molecule has 1 aliphatic heterocycles. The van der Waals surface area contributed by atoms with Gasteiger partial charge in [-0.3, -0.25) is 19.1 Å². The van der Waals surface area contributed by atoms with Crippen molar-refractivity contribution in [3.63, 3.8) is 0 Å². The van der Waals surface area contributed by atoms with E-state index in [0.717, 1.165) is 37.3 Å². The first-order valence-electron chi connectivity index (χ1n) is 12.7. The number of nitrogens with two attached hydrogens (primary N) is 1. The van der Waals surface area contributed by atoms with E-state index >= 15 is 0 Å². The van der Waals surface area contributed by atoms with Crippen molar-refractivity contribution in [2.75, 3.05) is 18.4 Å². The van der Waals surface area contributed by atoms with Gasteiger partial charge in [-0.15, -0.1) is 0 Å². The molecule has 37 heavy (non-hydrogen) atoms. The van der Waals surface area contributed by atoms with Crippen LogP contribution in [0, 0.1) is 17.7 Å². The number of hydrogen-bond donors (Lipinski definition) is 3. The number of benzene rings is 2. The molecule has 10 heteroatoms. The normalized spacial score (nSPS) is 23.7. The van der Waals surface area contributed by atoms with Gasteiger partial charge in [0.1, 0.15) is 11.9 Å². The fourth-order valence-corrected chi connectivity index (χ4v) is 5.64. The van der Waals surface area contributed by atoms with Crippen LogP contribution in [0.5, 0.6) is 0 Å². The van der Waals surface area contributed by atoms with Gasteiger partial charge in [-0.25, -0.2) is 9.18 Å². The van der Waals surface area contributed by atoms with Crippen molar-refractivity contribution in [2.45, 2.75) is 44.1 Å². The van der Waals surface area contributed by atoms with Gasteiger partial charge in [0, 0.05) is 24.1 Å². The molecule has 2 aliphatic rings. The van der Waals surface area contributed by atoms with E-state index in [0.29, 0.717) is 25.4 Å². The number of nitrogens with zero attached hydrogens (tertiary/aromatic N) is 2. The first-order chi connectivity index (χ1) is 17.9. The van der Waals surface area contributed by atoms with Gasteiger partial charge in [-0.1, -0.05) is 35.5 Å². The van der Waals surface area contributed by atoms with Gasteiger partial charge < -0.3 is 16.0 Å². The molecular weight excluding hydrogens is 477 g/mol. The number of carbonyl (C=O) groups excluding carboxylic acids is 2. The number of carbonyl (C=O) groups is 2. The summed E-state index contributed by atoms with van der Waals surface area (Å²) in [6.07, 6.45) is 4.06. The smallest absolute Gasteiger partial charge is 0.330 e. The van der Waals surface area contributed by atoms with Crippen LogP contribution in [0.1, 0.15) is 43.6 Å². The lowest BCUT2D eigenvalue weighted by molar-refractivity contribution is -0.141. The fourth-order valence-electron chi connectivity index (χ4n) is 5.64. The summed E-state index contributed by atoms with van der Waals surface area (Å²) in [4.78, 5) is 42.5. The molecule has 1 saturated carbocycles. The third-order valence-corrected chi connectivity index (χ3v) is 7.64. The van der Waals surface area contributed by atoms with Crippen molar-refractivity contribution < 1.29 is 18.5 Å². The molecule has 2 amide bonds. The number of aromatic nitrogens is 2. The number of hydrogen-bond acceptors (Lipinski definition) is 6. The Labute approximate surface area is 213 Å². The Kier molecular flexibility index (Phi) is 7.18. The summed E-state index contributed by atoms with van der Waals surface area (Å²) in [5.41, 5.74) is 7.09. The van der Waals surface area contributed by atoms with Crippen molar-refractivity contribution in [1.82, 2.24) is 15.0 Å². The average molecular weight is 508 g/mol. The average Bonchev–Trinajstić information content (AvgIpc) is 3.55. The van der Waals surface area contributed by atoms with Crippen LogP contribution in [-0.4, -0.2) is 46.0 Å². The molecule has 0 unspecified atom stereocenters. The summed E-state index contributed by atoms with van der Waals surface area (Å²) in [7, 11) is 0. The molecule has 0 radical (unpaired) electrons. The second-order valence-electron chi connectivity index (χ2n) is 9.86. The molecule has 1 aliphatic carbocycles. The number of likely N-dealkylation sites (tertiary alicyclic amines) is 1. The Morgan fingerprint density at radius 1 is 1.11 bits per heavy atom. The Morgan fingerprint density at radius 2 is 1.86 bits per heavy atom. The molecule has 2 heterocycles. The second kappa shape index (κ2) is 10.7. The van der Waals surface area contributed by atoms with Crippen LogP contribution in [0.3, 0.4) is 0 Å². The van der Waals surface area contributed by atoms with Gasteiger partial charge in [-0.05, 0) is 68.3 Å². The first-order valence-corrected chi connectivity index (χ1v) is 12.7. The number of amides is 2. The topological polar surface area (TPSA) is 134 Å². The fraction of sp³-hybridized carbons (Fsp3) is 0.407. The molecule has 2 atom stereocenters. The minimum Gasteiger partial charge on any atom is -0.330 e. The maximum atomic E-state index is 14.8. The van der Waals surface area contributed by atoms with Crippen LogP contribution in [0.2, 0.25) is 0 Å². The molecule has 0 spiro atoms. The Hall–Kier alpha value is -3.79. The number of aromatic amines is 1.